The number of aromatic nitrogens is 1. The van der Waals surface area contributed by atoms with E-state index in [1.807, 2.05) is 25.1 Å². The van der Waals surface area contributed by atoms with Crippen LogP contribution >= 0.6 is 16.1 Å². The Morgan fingerprint density at radius 2 is 2.05 bits per heavy atom. The SMILES string of the molecule is CCOC(=O)C(=O)c1cn(Br)c2c(CC)cccc12. The Balaban J connectivity index is 2.57. The summed E-state index contributed by atoms with van der Waals surface area (Å²) in [5.41, 5.74) is 2.38. The lowest BCUT2D eigenvalue weighted by atomic mass is 10.1. The molecule has 0 amide bonds. The van der Waals surface area contributed by atoms with Crippen LogP contribution in [0.25, 0.3) is 10.9 Å². The first-order valence-electron chi connectivity index (χ1n) is 6.10. The number of Topliss-reactive ketones (excluding diaryl/α,β-unsaturated/α-hetero) is 1. The van der Waals surface area contributed by atoms with Crippen molar-refractivity contribution in [3.05, 3.63) is 35.5 Å². The molecule has 0 aliphatic rings. The lowest BCUT2D eigenvalue weighted by Gasteiger charge is -2.02. The fourth-order valence-corrected chi connectivity index (χ4v) is 2.70. The summed E-state index contributed by atoms with van der Waals surface area (Å²) in [5.74, 6) is -1.43. The maximum Gasteiger partial charge on any atom is 0.379 e. The molecule has 100 valence electrons. The van der Waals surface area contributed by atoms with Crippen LogP contribution in [0.2, 0.25) is 0 Å². The van der Waals surface area contributed by atoms with Crippen LogP contribution in [0.1, 0.15) is 29.8 Å². The van der Waals surface area contributed by atoms with Crippen LogP contribution in [0, 0.1) is 0 Å². The Labute approximate surface area is 119 Å². The van der Waals surface area contributed by atoms with Crippen LogP contribution in [0.15, 0.2) is 24.4 Å². The molecule has 19 heavy (non-hydrogen) atoms. The third kappa shape index (κ3) is 2.42. The van der Waals surface area contributed by atoms with Crippen LogP contribution in [0.3, 0.4) is 0 Å². The van der Waals surface area contributed by atoms with Gasteiger partial charge in [-0.2, -0.15) is 0 Å². The van der Waals surface area contributed by atoms with Crippen LogP contribution < -0.4 is 0 Å². The first-order chi connectivity index (χ1) is 9.10. The van der Waals surface area contributed by atoms with E-state index in [4.69, 9.17) is 4.74 Å². The van der Waals surface area contributed by atoms with E-state index < -0.39 is 11.8 Å². The van der Waals surface area contributed by atoms with E-state index in [0.29, 0.717) is 5.56 Å². The van der Waals surface area contributed by atoms with Gasteiger partial charge in [-0.3, -0.25) is 8.39 Å². The highest BCUT2D eigenvalue weighted by Gasteiger charge is 2.23. The topological polar surface area (TPSA) is 48.3 Å². The summed E-state index contributed by atoms with van der Waals surface area (Å²) in [6.07, 6.45) is 2.46. The monoisotopic (exact) mass is 323 g/mol. The van der Waals surface area contributed by atoms with Crippen molar-refractivity contribution in [2.45, 2.75) is 20.3 Å². The molecule has 0 fully saturated rings. The molecule has 0 aliphatic carbocycles. The minimum atomic E-state index is -0.815. The number of aryl methyl sites for hydroxylation is 1. The minimum absolute atomic E-state index is 0.192. The number of hydrogen-bond donors (Lipinski definition) is 0. The number of ether oxygens (including phenoxy) is 1. The first kappa shape index (κ1) is 13.8. The van der Waals surface area contributed by atoms with Gasteiger partial charge in [0, 0.05) is 11.6 Å². The third-order valence-electron chi connectivity index (χ3n) is 2.95. The molecule has 0 aliphatic heterocycles. The minimum Gasteiger partial charge on any atom is -0.460 e. The van der Waals surface area contributed by atoms with Gasteiger partial charge in [-0.25, -0.2) is 4.79 Å². The number of para-hydroxylation sites is 1. The normalized spacial score (nSPS) is 10.7. The number of fused-ring (bicyclic) bond motifs is 1. The van der Waals surface area contributed by atoms with Gasteiger partial charge in [0.05, 0.1) is 33.8 Å². The molecule has 2 aromatic rings. The van der Waals surface area contributed by atoms with Crippen LogP contribution in [-0.4, -0.2) is 22.0 Å². The van der Waals surface area contributed by atoms with Gasteiger partial charge < -0.3 is 4.74 Å². The van der Waals surface area contributed by atoms with E-state index in [0.717, 1.165) is 22.9 Å². The molecule has 0 bridgehead atoms. The van der Waals surface area contributed by atoms with Gasteiger partial charge in [-0.1, -0.05) is 25.1 Å². The van der Waals surface area contributed by atoms with Gasteiger partial charge in [0.1, 0.15) is 0 Å². The summed E-state index contributed by atoms with van der Waals surface area (Å²) in [7, 11) is 0. The molecule has 5 heteroatoms. The predicted molar refractivity (Wildman–Crippen MR) is 76.6 cm³/mol. The van der Waals surface area contributed by atoms with Crippen molar-refractivity contribution in [3.8, 4) is 0 Å². The number of ketones is 1. The van der Waals surface area contributed by atoms with E-state index in [1.165, 1.54) is 0 Å². The van der Waals surface area contributed by atoms with Gasteiger partial charge in [0.25, 0.3) is 5.78 Å². The molecule has 0 saturated carbocycles. The van der Waals surface area contributed by atoms with Crippen molar-refractivity contribution < 1.29 is 14.3 Å². The second-order valence-electron chi connectivity index (χ2n) is 4.07. The number of nitrogens with zero attached hydrogens (tertiary/aromatic N) is 1. The standard InChI is InChI=1S/C14H14BrNO3/c1-3-9-6-5-7-10-11(8-16(15)12(9)10)13(17)14(18)19-4-2/h5-8H,3-4H2,1-2H3. The lowest BCUT2D eigenvalue weighted by molar-refractivity contribution is -0.137. The predicted octanol–water partition coefficient (Wildman–Crippen LogP) is 3.11. The van der Waals surface area contributed by atoms with E-state index in [2.05, 4.69) is 16.1 Å². The van der Waals surface area contributed by atoms with Gasteiger partial charge >= 0.3 is 5.97 Å². The van der Waals surface area contributed by atoms with Gasteiger partial charge in [-0.15, -0.1) is 0 Å². The molecule has 2 rings (SSSR count). The zero-order valence-corrected chi connectivity index (χ0v) is 12.4. The molecule has 4 nitrogen and oxygen atoms in total. The van der Waals surface area contributed by atoms with Gasteiger partial charge in [0.2, 0.25) is 0 Å². The quantitative estimate of drug-likeness (QED) is 0.493. The number of carbonyl (C=O) groups is 2. The average molecular weight is 324 g/mol. The lowest BCUT2D eigenvalue weighted by Crippen LogP contribution is -2.17. The molecule has 0 radical (unpaired) electrons. The molecule has 0 atom stereocenters. The van der Waals surface area contributed by atoms with Crippen molar-refractivity contribution in [2.75, 3.05) is 6.61 Å². The number of esters is 1. The molecule has 0 spiro atoms. The highest BCUT2D eigenvalue weighted by molar-refractivity contribution is 9.08. The Hall–Kier alpha value is -1.62. The highest BCUT2D eigenvalue weighted by Crippen LogP contribution is 2.27. The summed E-state index contributed by atoms with van der Waals surface area (Å²) in [4.78, 5) is 23.6. The van der Waals surface area contributed by atoms with Crippen LogP contribution in [-0.2, 0) is 16.0 Å². The molecule has 1 aromatic carbocycles. The number of carbonyl (C=O) groups excluding carboxylic acids is 2. The maximum absolute atomic E-state index is 12.1. The van der Waals surface area contributed by atoms with Crippen molar-refractivity contribution >= 4 is 38.8 Å². The summed E-state index contributed by atoms with van der Waals surface area (Å²) in [6.45, 7) is 3.91. The van der Waals surface area contributed by atoms with Crippen molar-refractivity contribution in [2.24, 2.45) is 0 Å². The second kappa shape index (κ2) is 5.57. The van der Waals surface area contributed by atoms with E-state index in [9.17, 15) is 9.59 Å². The smallest absolute Gasteiger partial charge is 0.379 e. The highest BCUT2D eigenvalue weighted by atomic mass is 79.9. The van der Waals surface area contributed by atoms with Crippen LogP contribution in [0.5, 0.6) is 0 Å². The van der Waals surface area contributed by atoms with Crippen molar-refractivity contribution in [3.63, 3.8) is 0 Å². The summed E-state index contributed by atoms with van der Waals surface area (Å²) in [5, 5.41) is 0.759. The zero-order valence-electron chi connectivity index (χ0n) is 10.8. The second-order valence-corrected chi connectivity index (χ2v) is 4.83. The number of hydrogen-bond acceptors (Lipinski definition) is 3. The largest absolute Gasteiger partial charge is 0.460 e. The fourth-order valence-electron chi connectivity index (χ4n) is 2.08. The average Bonchev–Trinajstić information content (AvgIpc) is 2.76. The molecule has 0 saturated heterocycles. The third-order valence-corrected chi connectivity index (χ3v) is 3.51. The van der Waals surface area contributed by atoms with Crippen LogP contribution in [0.4, 0.5) is 0 Å². The van der Waals surface area contributed by atoms with Gasteiger partial charge in [-0.05, 0) is 18.9 Å². The molecule has 1 heterocycles. The molecule has 1 aromatic heterocycles. The van der Waals surface area contributed by atoms with Gasteiger partial charge in [0.15, 0.2) is 0 Å². The van der Waals surface area contributed by atoms with Crippen molar-refractivity contribution in [1.29, 1.82) is 0 Å². The number of rotatable bonds is 4. The van der Waals surface area contributed by atoms with E-state index in [1.54, 1.807) is 16.7 Å². The molecule has 0 unspecified atom stereocenters. The number of halogens is 1. The van der Waals surface area contributed by atoms with E-state index >= 15 is 0 Å². The van der Waals surface area contributed by atoms with E-state index in [-0.39, 0.29) is 6.61 Å². The zero-order chi connectivity index (χ0) is 14.0. The Morgan fingerprint density at radius 3 is 2.68 bits per heavy atom. The molecular weight excluding hydrogens is 310 g/mol. The summed E-state index contributed by atoms with van der Waals surface area (Å²) >= 11 is 3.38. The number of benzene rings is 1. The first-order valence-corrected chi connectivity index (χ1v) is 6.81. The Morgan fingerprint density at radius 1 is 1.32 bits per heavy atom. The Kier molecular flexibility index (Phi) is 4.04. The van der Waals surface area contributed by atoms with Crippen molar-refractivity contribution in [1.82, 2.24) is 3.59 Å². The summed E-state index contributed by atoms with van der Waals surface area (Å²) < 4.78 is 6.46. The summed E-state index contributed by atoms with van der Waals surface area (Å²) in [6, 6.07) is 5.72. The molecule has 0 N–H and O–H groups in total. The Bertz CT molecular complexity index is 645. The maximum atomic E-state index is 12.1. The molecular formula is C14H14BrNO3. The fraction of sp³-hybridized carbons (Fsp3) is 0.286.